The van der Waals surface area contributed by atoms with Gasteiger partial charge in [0.15, 0.2) is 0 Å². The van der Waals surface area contributed by atoms with Crippen molar-refractivity contribution in [2.45, 2.75) is 52.5 Å². The van der Waals surface area contributed by atoms with Crippen molar-refractivity contribution in [3.05, 3.63) is 23.4 Å². The highest BCUT2D eigenvalue weighted by atomic mass is 15.2. The molecule has 1 fully saturated rings. The van der Waals surface area contributed by atoms with Crippen molar-refractivity contribution in [1.29, 1.82) is 0 Å². The highest BCUT2D eigenvalue weighted by Gasteiger charge is 2.12. The Morgan fingerprint density at radius 1 is 1.16 bits per heavy atom. The van der Waals surface area contributed by atoms with Crippen LogP contribution in [-0.2, 0) is 6.54 Å². The predicted octanol–water partition coefficient (Wildman–Crippen LogP) is 3.27. The Hall–Kier alpha value is -1.09. The third kappa shape index (κ3) is 4.20. The van der Waals surface area contributed by atoms with Crippen LogP contribution in [0.5, 0.6) is 0 Å². The van der Waals surface area contributed by atoms with Crippen molar-refractivity contribution in [3.8, 4) is 0 Å². The molecule has 106 valence electrons. The molecule has 1 aromatic heterocycles. The highest BCUT2D eigenvalue weighted by Crippen LogP contribution is 2.21. The lowest BCUT2D eigenvalue weighted by molar-refractivity contribution is 0.553. The summed E-state index contributed by atoms with van der Waals surface area (Å²) in [5.41, 5.74) is 2.60. The second kappa shape index (κ2) is 7.49. The second-order valence-corrected chi connectivity index (χ2v) is 5.52. The summed E-state index contributed by atoms with van der Waals surface area (Å²) < 4.78 is 0. The summed E-state index contributed by atoms with van der Waals surface area (Å²) in [5.74, 6) is 1.20. The quantitative estimate of drug-likeness (QED) is 0.901. The second-order valence-electron chi connectivity index (χ2n) is 5.52. The lowest BCUT2D eigenvalue weighted by Crippen LogP contribution is -2.28. The minimum absolute atomic E-state index is 0.921. The zero-order chi connectivity index (χ0) is 13.5. The van der Waals surface area contributed by atoms with Gasteiger partial charge < -0.3 is 10.2 Å². The molecule has 3 heteroatoms. The summed E-state index contributed by atoms with van der Waals surface area (Å²) in [6.07, 6.45) is 8.79. The molecule has 0 amide bonds. The molecule has 0 spiro atoms. The number of rotatable bonds is 4. The average Bonchev–Trinajstić information content (AvgIpc) is 2.37. The monoisotopic (exact) mass is 261 g/mol. The minimum atomic E-state index is 0.921. The van der Waals surface area contributed by atoms with E-state index in [1.807, 2.05) is 6.20 Å². The van der Waals surface area contributed by atoms with Gasteiger partial charge in [0.25, 0.3) is 0 Å². The van der Waals surface area contributed by atoms with E-state index in [1.54, 1.807) is 0 Å². The Morgan fingerprint density at radius 2 is 1.84 bits per heavy atom. The topological polar surface area (TPSA) is 28.2 Å². The molecule has 0 unspecified atom stereocenters. The third-order valence-electron chi connectivity index (χ3n) is 3.84. The summed E-state index contributed by atoms with van der Waals surface area (Å²) in [6.45, 7) is 8.59. The molecule has 19 heavy (non-hydrogen) atoms. The molecule has 0 aliphatic carbocycles. The van der Waals surface area contributed by atoms with Gasteiger partial charge in [0, 0.05) is 25.8 Å². The van der Waals surface area contributed by atoms with Crippen LogP contribution >= 0.6 is 0 Å². The van der Waals surface area contributed by atoms with Gasteiger partial charge in [-0.05, 0) is 43.5 Å². The Morgan fingerprint density at radius 3 is 2.47 bits per heavy atom. The molecule has 1 aliphatic heterocycles. The summed E-state index contributed by atoms with van der Waals surface area (Å²) >= 11 is 0. The van der Waals surface area contributed by atoms with Crippen molar-refractivity contribution >= 4 is 5.82 Å². The summed E-state index contributed by atoms with van der Waals surface area (Å²) in [4.78, 5) is 7.19. The van der Waals surface area contributed by atoms with Gasteiger partial charge >= 0.3 is 0 Å². The van der Waals surface area contributed by atoms with Gasteiger partial charge in [0.05, 0.1) is 0 Å². The summed E-state index contributed by atoms with van der Waals surface area (Å²) in [6, 6.07) is 2.28. The molecular weight excluding hydrogens is 234 g/mol. The largest absolute Gasteiger partial charge is 0.356 e. The number of anilines is 1. The van der Waals surface area contributed by atoms with Crippen molar-refractivity contribution < 1.29 is 0 Å². The maximum absolute atomic E-state index is 4.71. The molecule has 0 aromatic carbocycles. The lowest BCUT2D eigenvalue weighted by atomic mass is 10.1. The predicted molar refractivity (Wildman–Crippen MR) is 81.7 cm³/mol. The molecule has 2 heterocycles. The molecule has 1 N–H and O–H groups in total. The van der Waals surface area contributed by atoms with Crippen molar-refractivity contribution in [3.63, 3.8) is 0 Å². The first-order chi connectivity index (χ1) is 9.31. The van der Waals surface area contributed by atoms with Gasteiger partial charge in [-0.3, -0.25) is 0 Å². The van der Waals surface area contributed by atoms with Gasteiger partial charge in [-0.25, -0.2) is 4.98 Å². The van der Waals surface area contributed by atoms with E-state index in [0.717, 1.165) is 13.1 Å². The van der Waals surface area contributed by atoms with E-state index in [1.165, 1.54) is 62.1 Å². The molecule has 0 radical (unpaired) electrons. The number of nitrogens with zero attached hydrogens (tertiary/aromatic N) is 2. The van der Waals surface area contributed by atoms with E-state index < -0.39 is 0 Å². The molecule has 0 bridgehead atoms. The van der Waals surface area contributed by atoms with Gasteiger partial charge in [-0.1, -0.05) is 26.2 Å². The molecule has 1 aromatic rings. The summed E-state index contributed by atoms with van der Waals surface area (Å²) in [5, 5.41) is 3.36. The normalized spacial score (nSPS) is 17.1. The van der Waals surface area contributed by atoms with Crippen LogP contribution in [0, 0.1) is 6.92 Å². The van der Waals surface area contributed by atoms with Crippen molar-refractivity contribution in [1.82, 2.24) is 10.3 Å². The first kappa shape index (κ1) is 14.3. The van der Waals surface area contributed by atoms with Crippen LogP contribution < -0.4 is 10.2 Å². The fraction of sp³-hybridized carbons (Fsp3) is 0.688. The van der Waals surface area contributed by atoms with E-state index in [-0.39, 0.29) is 0 Å². The molecule has 3 nitrogen and oxygen atoms in total. The van der Waals surface area contributed by atoms with Gasteiger partial charge in [-0.15, -0.1) is 0 Å². The van der Waals surface area contributed by atoms with E-state index >= 15 is 0 Å². The fourth-order valence-corrected chi connectivity index (χ4v) is 2.78. The Balaban J connectivity index is 2.05. The molecule has 2 rings (SSSR count). The number of hydrogen-bond acceptors (Lipinski definition) is 3. The Labute approximate surface area is 117 Å². The van der Waals surface area contributed by atoms with Crippen LogP contribution in [0.1, 0.15) is 50.2 Å². The van der Waals surface area contributed by atoms with Crippen LogP contribution in [0.2, 0.25) is 0 Å². The zero-order valence-corrected chi connectivity index (χ0v) is 12.4. The fourth-order valence-electron chi connectivity index (χ4n) is 2.78. The van der Waals surface area contributed by atoms with Crippen LogP contribution in [0.4, 0.5) is 5.82 Å². The number of nitrogens with one attached hydrogen (secondary N) is 1. The Bertz CT molecular complexity index is 382. The number of aryl methyl sites for hydroxylation is 1. The van der Waals surface area contributed by atoms with Gasteiger partial charge in [-0.2, -0.15) is 0 Å². The van der Waals surface area contributed by atoms with Crippen LogP contribution in [0.25, 0.3) is 0 Å². The minimum Gasteiger partial charge on any atom is -0.356 e. The number of hydrogen-bond donors (Lipinski definition) is 1. The first-order valence-electron chi connectivity index (χ1n) is 7.72. The standard InChI is InChI=1S/C16H27N3/c1-3-17-12-15-11-14(2)16(18-13-15)19-9-7-5-4-6-8-10-19/h11,13,17H,3-10,12H2,1-2H3. The molecule has 1 aliphatic rings. The van der Waals surface area contributed by atoms with Crippen LogP contribution in [0.3, 0.4) is 0 Å². The molecule has 0 atom stereocenters. The van der Waals surface area contributed by atoms with Crippen molar-refractivity contribution in [2.75, 3.05) is 24.5 Å². The van der Waals surface area contributed by atoms with E-state index in [2.05, 4.69) is 30.1 Å². The third-order valence-corrected chi connectivity index (χ3v) is 3.84. The first-order valence-corrected chi connectivity index (χ1v) is 7.72. The van der Waals surface area contributed by atoms with E-state index in [4.69, 9.17) is 4.98 Å². The van der Waals surface area contributed by atoms with E-state index in [9.17, 15) is 0 Å². The van der Waals surface area contributed by atoms with Gasteiger partial charge in [0.1, 0.15) is 5.82 Å². The van der Waals surface area contributed by atoms with Crippen LogP contribution in [0.15, 0.2) is 12.3 Å². The maximum atomic E-state index is 4.71. The van der Waals surface area contributed by atoms with Crippen molar-refractivity contribution in [2.24, 2.45) is 0 Å². The lowest BCUT2D eigenvalue weighted by Gasteiger charge is -2.27. The van der Waals surface area contributed by atoms with E-state index in [0.29, 0.717) is 0 Å². The van der Waals surface area contributed by atoms with Gasteiger partial charge in [0.2, 0.25) is 0 Å². The smallest absolute Gasteiger partial charge is 0.131 e. The SMILES string of the molecule is CCNCc1cnc(N2CCCCCCC2)c(C)c1. The Kier molecular flexibility index (Phi) is 5.64. The number of aromatic nitrogens is 1. The molecule has 1 saturated heterocycles. The molecule has 0 saturated carbocycles. The zero-order valence-electron chi connectivity index (χ0n) is 12.4. The highest BCUT2D eigenvalue weighted by molar-refractivity contribution is 5.47. The summed E-state index contributed by atoms with van der Waals surface area (Å²) in [7, 11) is 0. The average molecular weight is 261 g/mol. The molecular formula is C16H27N3. The van der Waals surface area contributed by atoms with Crippen LogP contribution in [-0.4, -0.2) is 24.6 Å². The number of pyridine rings is 1. The maximum Gasteiger partial charge on any atom is 0.131 e.